The van der Waals surface area contributed by atoms with Crippen LogP contribution in [0.25, 0.3) is 0 Å². The fourth-order valence-electron chi connectivity index (χ4n) is 2.55. The van der Waals surface area contributed by atoms with Gasteiger partial charge in [0.15, 0.2) is 0 Å². The molecule has 0 radical (unpaired) electrons. The van der Waals surface area contributed by atoms with E-state index in [4.69, 9.17) is 9.84 Å². The number of carboxylic acids is 1. The molecule has 3 rings (SSSR count). The summed E-state index contributed by atoms with van der Waals surface area (Å²) in [6, 6.07) is 14.3. The van der Waals surface area contributed by atoms with Crippen molar-refractivity contribution in [1.29, 1.82) is 0 Å². The van der Waals surface area contributed by atoms with Gasteiger partial charge < -0.3 is 9.84 Å². The summed E-state index contributed by atoms with van der Waals surface area (Å²) < 4.78 is 5.84. The quantitative estimate of drug-likeness (QED) is 0.930. The number of hydrogen-bond donors (Lipinski definition) is 1. The molecule has 20 heavy (non-hydrogen) atoms. The molecular weight excluding hydrogens is 252 g/mol. The normalized spacial score (nSPS) is 12.8. The lowest BCUT2D eigenvalue weighted by molar-refractivity contribution is -0.136. The summed E-state index contributed by atoms with van der Waals surface area (Å²) in [5.41, 5.74) is 4.68. The Labute approximate surface area is 117 Å². The van der Waals surface area contributed by atoms with E-state index < -0.39 is 5.97 Å². The molecule has 0 bridgehead atoms. The van der Waals surface area contributed by atoms with Crippen LogP contribution in [0.4, 0.5) is 0 Å². The SMILES string of the molecule is O=C(O)CCc1ccc2c(c1)Cc1ccccc1CO2. The number of hydrogen-bond acceptors (Lipinski definition) is 2. The van der Waals surface area contributed by atoms with Gasteiger partial charge in [0.05, 0.1) is 0 Å². The number of ether oxygens (including phenoxy) is 1. The number of carboxylic acid groups (broad SMARTS) is 1. The molecule has 102 valence electrons. The third kappa shape index (κ3) is 2.67. The van der Waals surface area contributed by atoms with Gasteiger partial charge in [0, 0.05) is 12.8 Å². The standard InChI is InChI=1S/C17H16O3/c18-17(19)8-6-12-5-7-16-15(9-12)10-13-3-1-2-4-14(13)11-20-16/h1-5,7,9H,6,8,10-11H2,(H,18,19). The van der Waals surface area contributed by atoms with Gasteiger partial charge in [-0.05, 0) is 34.7 Å². The molecule has 0 saturated carbocycles. The minimum absolute atomic E-state index is 0.163. The Bertz CT molecular complexity index is 646. The summed E-state index contributed by atoms with van der Waals surface area (Å²) in [5.74, 6) is 0.141. The van der Waals surface area contributed by atoms with E-state index in [9.17, 15) is 4.79 Å². The molecule has 2 aromatic carbocycles. The van der Waals surface area contributed by atoms with Crippen LogP contribution in [0.2, 0.25) is 0 Å². The minimum atomic E-state index is -0.762. The highest BCUT2D eigenvalue weighted by Crippen LogP contribution is 2.29. The molecule has 3 nitrogen and oxygen atoms in total. The molecule has 2 aromatic rings. The van der Waals surface area contributed by atoms with Gasteiger partial charge in [-0.1, -0.05) is 36.4 Å². The molecule has 0 atom stereocenters. The Hall–Kier alpha value is -2.29. The topological polar surface area (TPSA) is 46.5 Å². The van der Waals surface area contributed by atoms with Crippen LogP contribution in [0.5, 0.6) is 5.75 Å². The summed E-state index contributed by atoms with van der Waals surface area (Å²) in [5, 5.41) is 8.76. The number of rotatable bonds is 3. The molecule has 0 spiro atoms. The fourth-order valence-corrected chi connectivity index (χ4v) is 2.55. The highest BCUT2D eigenvalue weighted by molar-refractivity contribution is 5.67. The van der Waals surface area contributed by atoms with Gasteiger partial charge in [-0.2, -0.15) is 0 Å². The monoisotopic (exact) mass is 268 g/mol. The third-order valence-corrected chi connectivity index (χ3v) is 3.63. The average molecular weight is 268 g/mol. The first-order chi connectivity index (χ1) is 9.72. The largest absolute Gasteiger partial charge is 0.489 e. The minimum Gasteiger partial charge on any atom is -0.489 e. The van der Waals surface area contributed by atoms with Crippen molar-refractivity contribution in [2.45, 2.75) is 25.9 Å². The van der Waals surface area contributed by atoms with Crippen molar-refractivity contribution >= 4 is 5.97 Å². The zero-order valence-corrected chi connectivity index (χ0v) is 11.1. The van der Waals surface area contributed by atoms with Gasteiger partial charge in [0.1, 0.15) is 12.4 Å². The van der Waals surface area contributed by atoms with E-state index in [1.54, 1.807) is 0 Å². The summed E-state index contributed by atoms with van der Waals surface area (Å²) >= 11 is 0. The maximum atomic E-state index is 10.7. The molecule has 1 N–H and O–H groups in total. The predicted octanol–water partition coefficient (Wildman–Crippen LogP) is 3.19. The first kappa shape index (κ1) is 12.7. The highest BCUT2D eigenvalue weighted by Gasteiger charge is 2.14. The highest BCUT2D eigenvalue weighted by atomic mass is 16.5. The van der Waals surface area contributed by atoms with E-state index in [2.05, 4.69) is 18.2 Å². The first-order valence-corrected chi connectivity index (χ1v) is 6.75. The Kier molecular flexibility index (Phi) is 3.42. The molecule has 1 aliphatic rings. The van der Waals surface area contributed by atoms with Gasteiger partial charge in [-0.25, -0.2) is 0 Å². The summed E-state index contributed by atoms with van der Waals surface area (Å²) in [6.07, 6.45) is 1.56. The molecule has 3 heteroatoms. The molecule has 0 aromatic heterocycles. The van der Waals surface area contributed by atoms with Gasteiger partial charge in [0.2, 0.25) is 0 Å². The molecule has 0 unspecified atom stereocenters. The number of carbonyl (C=O) groups is 1. The van der Waals surface area contributed by atoms with E-state index in [0.717, 1.165) is 23.3 Å². The van der Waals surface area contributed by atoms with Crippen molar-refractivity contribution in [3.63, 3.8) is 0 Å². The number of aliphatic carboxylic acids is 1. The van der Waals surface area contributed by atoms with Crippen molar-refractivity contribution in [2.75, 3.05) is 0 Å². The van der Waals surface area contributed by atoms with E-state index in [1.807, 2.05) is 24.3 Å². The van der Waals surface area contributed by atoms with Crippen LogP contribution in [-0.2, 0) is 24.2 Å². The number of aryl methyl sites for hydroxylation is 1. The summed E-state index contributed by atoms with van der Waals surface area (Å²) in [7, 11) is 0. The Morgan fingerprint density at radius 1 is 1.10 bits per heavy atom. The van der Waals surface area contributed by atoms with E-state index in [-0.39, 0.29) is 6.42 Å². The smallest absolute Gasteiger partial charge is 0.303 e. The van der Waals surface area contributed by atoms with Crippen LogP contribution in [0.15, 0.2) is 42.5 Å². The lowest BCUT2D eigenvalue weighted by Crippen LogP contribution is -1.99. The lowest BCUT2D eigenvalue weighted by atomic mass is 9.98. The average Bonchev–Trinajstić information content (AvgIpc) is 2.63. The zero-order valence-electron chi connectivity index (χ0n) is 11.1. The van der Waals surface area contributed by atoms with Gasteiger partial charge in [-0.15, -0.1) is 0 Å². The second-order valence-corrected chi connectivity index (χ2v) is 5.07. The Morgan fingerprint density at radius 2 is 1.90 bits per heavy atom. The van der Waals surface area contributed by atoms with E-state index in [1.165, 1.54) is 11.1 Å². The van der Waals surface area contributed by atoms with Crippen LogP contribution in [0.1, 0.15) is 28.7 Å². The van der Waals surface area contributed by atoms with Crippen molar-refractivity contribution < 1.29 is 14.6 Å². The second-order valence-electron chi connectivity index (χ2n) is 5.07. The molecular formula is C17H16O3. The van der Waals surface area contributed by atoms with Crippen molar-refractivity contribution in [3.05, 3.63) is 64.7 Å². The van der Waals surface area contributed by atoms with Gasteiger partial charge >= 0.3 is 5.97 Å². The van der Waals surface area contributed by atoms with Crippen LogP contribution in [0, 0.1) is 0 Å². The maximum Gasteiger partial charge on any atom is 0.303 e. The van der Waals surface area contributed by atoms with Gasteiger partial charge in [0.25, 0.3) is 0 Å². The Morgan fingerprint density at radius 3 is 2.70 bits per heavy atom. The summed E-state index contributed by atoms with van der Waals surface area (Å²) in [6.45, 7) is 0.595. The molecule has 1 aliphatic heterocycles. The van der Waals surface area contributed by atoms with Crippen LogP contribution in [0.3, 0.4) is 0 Å². The molecule has 1 heterocycles. The molecule has 0 aliphatic carbocycles. The molecule has 0 fully saturated rings. The van der Waals surface area contributed by atoms with Crippen molar-refractivity contribution in [1.82, 2.24) is 0 Å². The van der Waals surface area contributed by atoms with Crippen LogP contribution >= 0.6 is 0 Å². The fraction of sp³-hybridized carbons (Fsp3) is 0.235. The number of fused-ring (bicyclic) bond motifs is 2. The molecule has 0 saturated heterocycles. The van der Waals surface area contributed by atoms with E-state index in [0.29, 0.717) is 13.0 Å². The van der Waals surface area contributed by atoms with Crippen LogP contribution in [-0.4, -0.2) is 11.1 Å². The first-order valence-electron chi connectivity index (χ1n) is 6.75. The summed E-state index contributed by atoms with van der Waals surface area (Å²) in [4.78, 5) is 10.7. The number of benzene rings is 2. The zero-order chi connectivity index (χ0) is 13.9. The van der Waals surface area contributed by atoms with Crippen LogP contribution < -0.4 is 4.74 Å². The van der Waals surface area contributed by atoms with E-state index >= 15 is 0 Å². The van der Waals surface area contributed by atoms with Crippen molar-refractivity contribution in [3.8, 4) is 5.75 Å². The Balaban J connectivity index is 1.88. The predicted molar refractivity (Wildman–Crippen MR) is 76.0 cm³/mol. The van der Waals surface area contributed by atoms with Gasteiger partial charge in [-0.3, -0.25) is 4.79 Å². The third-order valence-electron chi connectivity index (χ3n) is 3.63. The molecule has 0 amide bonds. The maximum absolute atomic E-state index is 10.7. The second kappa shape index (κ2) is 5.37. The van der Waals surface area contributed by atoms with Crippen molar-refractivity contribution in [2.24, 2.45) is 0 Å². The lowest BCUT2D eigenvalue weighted by Gasteiger charge is -2.08.